The summed E-state index contributed by atoms with van der Waals surface area (Å²) in [5.41, 5.74) is 0.604. The first kappa shape index (κ1) is 8.55. The molecule has 0 aliphatic heterocycles. The molecule has 2 nitrogen and oxygen atoms in total. The average Bonchev–Trinajstić information content (AvgIpc) is 2.69. The summed E-state index contributed by atoms with van der Waals surface area (Å²) in [5.74, 6) is 0. The number of nitriles is 1. The van der Waals surface area contributed by atoms with Crippen LogP contribution in [-0.2, 0) is 0 Å². The van der Waals surface area contributed by atoms with Crippen molar-refractivity contribution in [1.82, 2.24) is 5.32 Å². The summed E-state index contributed by atoms with van der Waals surface area (Å²) in [6.45, 7) is 4.45. The third-order valence-electron chi connectivity index (χ3n) is 2.30. The highest BCUT2D eigenvalue weighted by molar-refractivity contribution is 4.90. The summed E-state index contributed by atoms with van der Waals surface area (Å²) in [6, 6.07) is 2.14. The molecule has 0 aromatic rings. The summed E-state index contributed by atoms with van der Waals surface area (Å²) >= 11 is 0. The third kappa shape index (κ3) is 3.38. The van der Waals surface area contributed by atoms with Gasteiger partial charge in [0.25, 0.3) is 0 Å². The zero-order valence-electron chi connectivity index (χ0n) is 7.19. The summed E-state index contributed by atoms with van der Waals surface area (Å²) in [4.78, 5) is 0. The predicted octanol–water partition coefficient (Wildman–Crippen LogP) is 1.68. The van der Waals surface area contributed by atoms with Gasteiger partial charge in [-0.15, -0.1) is 0 Å². The van der Waals surface area contributed by atoms with Gasteiger partial charge in [0, 0.05) is 13.0 Å². The van der Waals surface area contributed by atoms with Crippen molar-refractivity contribution in [3.8, 4) is 6.07 Å². The van der Waals surface area contributed by atoms with E-state index in [0.29, 0.717) is 11.8 Å². The lowest BCUT2D eigenvalue weighted by atomic mass is 10.1. The standard InChI is InChI=1S/C9H16N2/c1-9(4-5-9)8-11-7-3-2-6-10/h11H,2-5,7-8H2,1H3. The van der Waals surface area contributed by atoms with Crippen molar-refractivity contribution in [3.05, 3.63) is 0 Å². The van der Waals surface area contributed by atoms with Gasteiger partial charge in [0.15, 0.2) is 0 Å². The van der Waals surface area contributed by atoms with Crippen molar-refractivity contribution < 1.29 is 0 Å². The fraction of sp³-hybridized carbons (Fsp3) is 0.889. The SMILES string of the molecule is CC1(CNCCCC#N)CC1. The van der Waals surface area contributed by atoms with Gasteiger partial charge in [-0.3, -0.25) is 0 Å². The van der Waals surface area contributed by atoms with E-state index in [4.69, 9.17) is 5.26 Å². The molecule has 1 aliphatic rings. The van der Waals surface area contributed by atoms with Gasteiger partial charge in [0.1, 0.15) is 0 Å². The first-order valence-corrected chi connectivity index (χ1v) is 4.34. The normalized spacial score (nSPS) is 19.3. The van der Waals surface area contributed by atoms with Crippen molar-refractivity contribution in [2.45, 2.75) is 32.6 Å². The van der Waals surface area contributed by atoms with E-state index in [9.17, 15) is 0 Å². The molecule has 1 saturated carbocycles. The molecule has 1 aliphatic carbocycles. The Kier molecular flexibility index (Phi) is 2.90. The number of nitrogens with one attached hydrogen (secondary N) is 1. The quantitative estimate of drug-likeness (QED) is 0.608. The van der Waals surface area contributed by atoms with E-state index in [2.05, 4.69) is 18.3 Å². The molecule has 1 N–H and O–H groups in total. The Morgan fingerprint density at radius 2 is 2.27 bits per heavy atom. The van der Waals surface area contributed by atoms with Crippen molar-refractivity contribution in [2.75, 3.05) is 13.1 Å². The van der Waals surface area contributed by atoms with Crippen LogP contribution >= 0.6 is 0 Å². The van der Waals surface area contributed by atoms with Crippen molar-refractivity contribution in [2.24, 2.45) is 5.41 Å². The smallest absolute Gasteiger partial charge is 0.0622 e. The van der Waals surface area contributed by atoms with Gasteiger partial charge in [-0.25, -0.2) is 0 Å². The molecule has 11 heavy (non-hydrogen) atoms. The maximum Gasteiger partial charge on any atom is 0.0622 e. The molecule has 0 unspecified atom stereocenters. The number of rotatable bonds is 5. The van der Waals surface area contributed by atoms with Gasteiger partial charge in [0.2, 0.25) is 0 Å². The lowest BCUT2D eigenvalue weighted by Gasteiger charge is -2.08. The molecule has 0 aromatic carbocycles. The van der Waals surface area contributed by atoms with Gasteiger partial charge in [-0.2, -0.15) is 5.26 Å². The highest BCUT2D eigenvalue weighted by atomic mass is 14.9. The molecular formula is C9H16N2. The Bertz CT molecular complexity index is 153. The Morgan fingerprint density at radius 3 is 2.82 bits per heavy atom. The monoisotopic (exact) mass is 152 g/mol. The highest BCUT2D eigenvalue weighted by Crippen LogP contribution is 2.43. The molecule has 0 radical (unpaired) electrons. The van der Waals surface area contributed by atoms with E-state index in [1.807, 2.05) is 0 Å². The molecule has 1 fully saturated rings. The van der Waals surface area contributed by atoms with Gasteiger partial charge in [-0.1, -0.05) is 6.92 Å². The van der Waals surface area contributed by atoms with E-state index in [1.54, 1.807) is 0 Å². The highest BCUT2D eigenvalue weighted by Gasteiger charge is 2.36. The second kappa shape index (κ2) is 3.73. The average molecular weight is 152 g/mol. The van der Waals surface area contributed by atoms with E-state index >= 15 is 0 Å². The second-order valence-electron chi connectivity index (χ2n) is 3.75. The largest absolute Gasteiger partial charge is 0.316 e. The molecule has 62 valence electrons. The minimum Gasteiger partial charge on any atom is -0.316 e. The fourth-order valence-corrected chi connectivity index (χ4v) is 1.07. The van der Waals surface area contributed by atoms with Crippen molar-refractivity contribution >= 4 is 0 Å². The van der Waals surface area contributed by atoms with Crippen LogP contribution in [0.25, 0.3) is 0 Å². The van der Waals surface area contributed by atoms with Crippen LogP contribution in [-0.4, -0.2) is 13.1 Å². The molecule has 1 rings (SSSR count). The molecular weight excluding hydrogens is 136 g/mol. The Balaban J connectivity index is 1.85. The predicted molar refractivity (Wildman–Crippen MR) is 45.1 cm³/mol. The van der Waals surface area contributed by atoms with E-state index in [0.717, 1.165) is 19.5 Å². The minimum absolute atomic E-state index is 0.604. The van der Waals surface area contributed by atoms with Crippen LogP contribution in [0.3, 0.4) is 0 Å². The van der Waals surface area contributed by atoms with E-state index in [-0.39, 0.29) is 0 Å². The zero-order valence-corrected chi connectivity index (χ0v) is 7.19. The fourth-order valence-electron chi connectivity index (χ4n) is 1.07. The van der Waals surface area contributed by atoms with E-state index < -0.39 is 0 Å². The summed E-state index contributed by atoms with van der Waals surface area (Å²) in [6.07, 6.45) is 4.42. The van der Waals surface area contributed by atoms with E-state index in [1.165, 1.54) is 12.8 Å². The lowest BCUT2D eigenvalue weighted by molar-refractivity contribution is 0.496. The maximum atomic E-state index is 8.26. The number of nitrogens with zero attached hydrogens (tertiary/aromatic N) is 1. The second-order valence-corrected chi connectivity index (χ2v) is 3.75. The van der Waals surface area contributed by atoms with Crippen LogP contribution in [0.5, 0.6) is 0 Å². The molecule has 0 atom stereocenters. The van der Waals surface area contributed by atoms with Gasteiger partial charge in [0.05, 0.1) is 6.07 Å². The third-order valence-corrected chi connectivity index (χ3v) is 2.30. The Labute approximate surface area is 68.6 Å². The first-order valence-electron chi connectivity index (χ1n) is 4.34. The van der Waals surface area contributed by atoms with Crippen LogP contribution in [0, 0.1) is 16.7 Å². The summed E-state index contributed by atoms with van der Waals surface area (Å²) in [5, 5.41) is 11.6. The molecule has 0 bridgehead atoms. The Morgan fingerprint density at radius 1 is 1.55 bits per heavy atom. The van der Waals surface area contributed by atoms with Crippen LogP contribution in [0.1, 0.15) is 32.6 Å². The van der Waals surface area contributed by atoms with Crippen molar-refractivity contribution in [3.63, 3.8) is 0 Å². The zero-order chi connectivity index (χ0) is 8.16. The maximum absolute atomic E-state index is 8.26. The van der Waals surface area contributed by atoms with Gasteiger partial charge < -0.3 is 5.32 Å². The minimum atomic E-state index is 0.604. The number of hydrogen-bond acceptors (Lipinski definition) is 2. The van der Waals surface area contributed by atoms with Gasteiger partial charge >= 0.3 is 0 Å². The summed E-state index contributed by atoms with van der Waals surface area (Å²) in [7, 11) is 0. The van der Waals surface area contributed by atoms with Crippen molar-refractivity contribution in [1.29, 1.82) is 5.26 Å². The number of hydrogen-bond donors (Lipinski definition) is 1. The van der Waals surface area contributed by atoms with Crippen LogP contribution in [0.15, 0.2) is 0 Å². The Hall–Kier alpha value is -0.550. The molecule has 0 aromatic heterocycles. The molecule has 2 heteroatoms. The van der Waals surface area contributed by atoms with Crippen LogP contribution in [0.2, 0.25) is 0 Å². The first-order chi connectivity index (χ1) is 5.27. The molecule has 0 spiro atoms. The topological polar surface area (TPSA) is 35.8 Å². The number of unbranched alkanes of at least 4 members (excludes halogenated alkanes) is 1. The summed E-state index contributed by atoms with van der Waals surface area (Å²) < 4.78 is 0. The van der Waals surface area contributed by atoms with Crippen LogP contribution < -0.4 is 5.32 Å². The molecule has 0 saturated heterocycles. The molecule has 0 heterocycles. The van der Waals surface area contributed by atoms with Crippen LogP contribution in [0.4, 0.5) is 0 Å². The molecule has 0 amide bonds. The van der Waals surface area contributed by atoms with Gasteiger partial charge in [-0.05, 0) is 31.2 Å². The lowest BCUT2D eigenvalue weighted by Crippen LogP contribution is -2.22.